The molecule has 28 heavy (non-hydrogen) atoms. The quantitative estimate of drug-likeness (QED) is 0.494. The Labute approximate surface area is 160 Å². The van der Waals surface area contributed by atoms with E-state index in [4.69, 9.17) is 17.3 Å². The Morgan fingerprint density at radius 1 is 1.18 bits per heavy atom. The highest BCUT2D eigenvalue weighted by molar-refractivity contribution is 6.28. The van der Waals surface area contributed by atoms with Crippen LogP contribution >= 0.6 is 11.6 Å². The summed E-state index contributed by atoms with van der Waals surface area (Å²) < 4.78 is 68.2. The lowest BCUT2D eigenvalue weighted by atomic mass is 10.1. The number of imidazole rings is 1. The predicted molar refractivity (Wildman–Crippen MR) is 92.3 cm³/mol. The maximum atomic E-state index is 14.5. The van der Waals surface area contributed by atoms with Crippen LogP contribution < -0.4 is 11.1 Å². The molecule has 3 rings (SSSR count). The van der Waals surface area contributed by atoms with Crippen LogP contribution in [0.1, 0.15) is 11.3 Å². The SMILES string of the molecule is Cn1cc(C(F)(F)F)nc1-c1c(F)cc(CNc2nc(Cl)ncc2N)cc1F. The van der Waals surface area contributed by atoms with Crippen LogP contribution in [0, 0.1) is 11.6 Å². The Bertz CT molecular complexity index is 1010. The molecule has 2 heterocycles. The van der Waals surface area contributed by atoms with E-state index in [2.05, 4.69) is 20.3 Å². The van der Waals surface area contributed by atoms with E-state index in [1.54, 1.807) is 0 Å². The third kappa shape index (κ3) is 3.98. The summed E-state index contributed by atoms with van der Waals surface area (Å²) in [4.78, 5) is 10.8. The van der Waals surface area contributed by atoms with Crippen molar-refractivity contribution in [3.8, 4) is 11.4 Å². The van der Waals surface area contributed by atoms with Gasteiger partial charge < -0.3 is 15.6 Å². The van der Waals surface area contributed by atoms with Gasteiger partial charge in [0, 0.05) is 19.8 Å². The number of nitrogen functional groups attached to an aromatic ring is 1. The molecule has 6 nitrogen and oxygen atoms in total. The van der Waals surface area contributed by atoms with Gasteiger partial charge in [-0.1, -0.05) is 0 Å². The maximum Gasteiger partial charge on any atom is 0.434 e. The number of halogens is 6. The number of anilines is 2. The number of aryl methyl sites for hydroxylation is 1. The van der Waals surface area contributed by atoms with E-state index in [1.807, 2.05) is 0 Å². The molecule has 0 aliphatic heterocycles. The molecule has 0 saturated heterocycles. The van der Waals surface area contributed by atoms with Crippen molar-refractivity contribution in [3.63, 3.8) is 0 Å². The molecule has 0 unspecified atom stereocenters. The molecule has 3 aromatic rings. The number of hydrogen-bond acceptors (Lipinski definition) is 5. The van der Waals surface area contributed by atoms with Gasteiger partial charge in [-0.05, 0) is 29.3 Å². The minimum absolute atomic E-state index is 0.0694. The summed E-state index contributed by atoms with van der Waals surface area (Å²) in [6.45, 7) is -0.0694. The topological polar surface area (TPSA) is 81.7 Å². The Kier molecular flexibility index (Phi) is 5.11. The molecule has 0 atom stereocenters. The van der Waals surface area contributed by atoms with Crippen LogP contribution in [0.2, 0.25) is 5.28 Å². The van der Waals surface area contributed by atoms with Gasteiger partial charge in [0.2, 0.25) is 5.28 Å². The molecule has 2 aromatic heterocycles. The molecule has 0 bridgehead atoms. The van der Waals surface area contributed by atoms with Crippen LogP contribution in [0.5, 0.6) is 0 Å². The van der Waals surface area contributed by atoms with Gasteiger partial charge in [0.15, 0.2) is 11.5 Å². The maximum absolute atomic E-state index is 14.5. The Hall–Kier alpha value is -2.95. The van der Waals surface area contributed by atoms with E-state index in [0.29, 0.717) is 6.20 Å². The monoisotopic (exact) mass is 418 g/mol. The van der Waals surface area contributed by atoms with Crippen molar-refractivity contribution >= 4 is 23.1 Å². The summed E-state index contributed by atoms with van der Waals surface area (Å²) in [7, 11) is 1.22. The molecular weight excluding hydrogens is 407 g/mol. The number of nitrogens with one attached hydrogen (secondary N) is 1. The minimum Gasteiger partial charge on any atom is -0.394 e. The second-order valence-corrected chi connectivity index (χ2v) is 6.13. The van der Waals surface area contributed by atoms with Gasteiger partial charge in [-0.25, -0.2) is 18.7 Å². The third-order valence-corrected chi connectivity index (χ3v) is 3.92. The van der Waals surface area contributed by atoms with Gasteiger partial charge in [0.05, 0.1) is 17.4 Å². The lowest BCUT2D eigenvalue weighted by molar-refractivity contribution is -0.140. The van der Waals surface area contributed by atoms with Crippen LogP contribution in [-0.2, 0) is 19.8 Å². The van der Waals surface area contributed by atoms with E-state index in [-0.39, 0.29) is 28.9 Å². The number of benzene rings is 1. The Morgan fingerprint density at radius 3 is 2.39 bits per heavy atom. The first-order valence-corrected chi connectivity index (χ1v) is 8.04. The Balaban J connectivity index is 1.89. The third-order valence-electron chi connectivity index (χ3n) is 3.74. The molecule has 0 aliphatic carbocycles. The van der Waals surface area contributed by atoms with Gasteiger partial charge >= 0.3 is 6.18 Å². The first kappa shape index (κ1) is 19.8. The van der Waals surface area contributed by atoms with Crippen molar-refractivity contribution < 1.29 is 22.0 Å². The highest BCUT2D eigenvalue weighted by atomic mass is 35.5. The predicted octanol–water partition coefficient (Wildman–Crippen LogP) is 4.02. The average molecular weight is 419 g/mol. The summed E-state index contributed by atoms with van der Waals surface area (Å²) in [5.74, 6) is -2.43. The normalized spacial score (nSPS) is 11.7. The lowest BCUT2D eigenvalue weighted by Crippen LogP contribution is -2.07. The number of nitrogens with zero attached hydrogens (tertiary/aromatic N) is 4. The fourth-order valence-corrected chi connectivity index (χ4v) is 2.61. The van der Waals surface area contributed by atoms with Crippen molar-refractivity contribution in [2.75, 3.05) is 11.1 Å². The summed E-state index contributed by atoms with van der Waals surface area (Å²) in [5.41, 5.74) is 4.11. The van der Waals surface area contributed by atoms with Gasteiger partial charge in [-0.3, -0.25) is 0 Å². The van der Waals surface area contributed by atoms with Gasteiger partial charge in [0.25, 0.3) is 0 Å². The first-order chi connectivity index (χ1) is 13.1. The standard InChI is InChI=1S/C16H12ClF5N6/c1-28-6-11(16(20,21)22)26-14(28)12-8(18)2-7(3-9(12)19)4-24-13-10(23)5-25-15(17)27-13/h2-3,5-6H,4,23H2,1H3,(H,24,25,27). The van der Waals surface area contributed by atoms with E-state index in [9.17, 15) is 22.0 Å². The number of aromatic nitrogens is 4. The molecule has 0 radical (unpaired) electrons. The highest BCUT2D eigenvalue weighted by Crippen LogP contribution is 2.32. The van der Waals surface area contributed by atoms with E-state index < -0.39 is 34.9 Å². The van der Waals surface area contributed by atoms with Gasteiger partial charge in [0.1, 0.15) is 17.5 Å². The fraction of sp³-hybridized carbons (Fsp3) is 0.188. The van der Waals surface area contributed by atoms with Gasteiger partial charge in [-0.15, -0.1) is 0 Å². The van der Waals surface area contributed by atoms with E-state index in [0.717, 1.165) is 16.7 Å². The van der Waals surface area contributed by atoms with Crippen molar-refractivity contribution in [1.82, 2.24) is 19.5 Å². The molecule has 0 spiro atoms. The Morgan fingerprint density at radius 2 is 1.82 bits per heavy atom. The van der Waals surface area contributed by atoms with Crippen LogP contribution in [-0.4, -0.2) is 19.5 Å². The summed E-state index contributed by atoms with van der Waals surface area (Å²) in [6, 6.07) is 1.96. The molecule has 12 heteroatoms. The molecular formula is C16H12ClF5N6. The summed E-state index contributed by atoms with van der Waals surface area (Å²) >= 11 is 5.66. The smallest absolute Gasteiger partial charge is 0.394 e. The zero-order valence-corrected chi connectivity index (χ0v) is 14.9. The van der Waals surface area contributed by atoms with E-state index in [1.165, 1.54) is 13.2 Å². The van der Waals surface area contributed by atoms with Crippen LogP contribution in [0.25, 0.3) is 11.4 Å². The lowest BCUT2D eigenvalue weighted by Gasteiger charge is -2.11. The van der Waals surface area contributed by atoms with Crippen molar-refractivity contribution in [1.29, 1.82) is 0 Å². The largest absolute Gasteiger partial charge is 0.434 e. The number of hydrogen-bond donors (Lipinski definition) is 2. The zero-order chi connectivity index (χ0) is 20.6. The van der Waals surface area contributed by atoms with E-state index >= 15 is 0 Å². The summed E-state index contributed by atoms with van der Waals surface area (Å²) in [5, 5.41) is 2.69. The molecule has 0 fully saturated rings. The van der Waals surface area contributed by atoms with Crippen molar-refractivity contribution in [3.05, 3.63) is 52.7 Å². The van der Waals surface area contributed by atoms with Crippen molar-refractivity contribution in [2.45, 2.75) is 12.7 Å². The molecule has 0 aliphatic rings. The molecule has 3 N–H and O–H groups in total. The zero-order valence-electron chi connectivity index (χ0n) is 14.2. The number of nitrogens with two attached hydrogens (primary N) is 1. The van der Waals surface area contributed by atoms with Crippen LogP contribution in [0.3, 0.4) is 0 Å². The number of alkyl halides is 3. The summed E-state index contributed by atoms with van der Waals surface area (Å²) in [6.07, 6.45) is -2.81. The molecule has 1 aromatic carbocycles. The fourth-order valence-electron chi connectivity index (χ4n) is 2.47. The minimum atomic E-state index is -4.73. The second-order valence-electron chi connectivity index (χ2n) is 5.79. The molecule has 0 amide bonds. The van der Waals surface area contributed by atoms with Crippen LogP contribution in [0.4, 0.5) is 33.5 Å². The first-order valence-electron chi connectivity index (χ1n) is 7.67. The molecule has 0 saturated carbocycles. The highest BCUT2D eigenvalue weighted by Gasteiger charge is 2.35. The second kappa shape index (κ2) is 7.23. The van der Waals surface area contributed by atoms with Gasteiger partial charge in [-0.2, -0.15) is 18.2 Å². The van der Waals surface area contributed by atoms with Crippen molar-refractivity contribution in [2.24, 2.45) is 7.05 Å². The number of rotatable bonds is 4. The molecule has 148 valence electrons. The van der Waals surface area contributed by atoms with Crippen LogP contribution in [0.15, 0.2) is 24.5 Å². The average Bonchev–Trinajstić information content (AvgIpc) is 2.97.